The van der Waals surface area contributed by atoms with Crippen molar-refractivity contribution in [1.29, 1.82) is 0 Å². The van der Waals surface area contributed by atoms with Gasteiger partial charge in [-0.25, -0.2) is 8.78 Å². The molecule has 21 heavy (non-hydrogen) atoms. The summed E-state index contributed by atoms with van der Waals surface area (Å²) in [5.74, 6) is -1.39. The van der Waals surface area contributed by atoms with Gasteiger partial charge in [0, 0.05) is 25.1 Å². The third kappa shape index (κ3) is 5.85. The topological polar surface area (TPSA) is 50.4 Å². The minimum atomic E-state index is -0.730. The molecule has 4 nitrogen and oxygen atoms in total. The van der Waals surface area contributed by atoms with Crippen molar-refractivity contribution in [3.8, 4) is 5.75 Å². The highest BCUT2D eigenvalue weighted by atomic mass is 35.5. The van der Waals surface area contributed by atoms with E-state index in [0.29, 0.717) is 12.8 Å². The molecule has 1 aromatic carbocycles. The molecule has 0 aliphatic carbocycles. The van der Waals surface area contributed by atoms with Crippen LogP contribution in [0, 0.1) is 11.6 Å². The molecule has 0 saturated carbocycles. The fraction of sp³-hybridized carbons (Fsp3) is 0.500. The number of hydrogen-bond acceptors (Lipinski definition) is 3. The molecule has 1 heterocycles. The molecule has 1 amide bonds. The number of hydrogen-bond donors (Lipinski definition) is 2. The minimum absolute atomic E-state index is 0. The summed E-state index contributed by atoms with van der Waals surface area (Å²) in [4.78, 5) is 11.6. The summed E-state index contributed by atoms with van der Waals surface area (Å²) < 4.78 is 31.1. The first-order chi connectivity index (χ1) is 9.65. The van der Waals surface area contributed by atoms with Crippen molar-refractivity contribution in [3.05, 3.63) is 29.8 Å². The van der Waals surface area contributed by atoms with Crippen molar-refractivity contribution in [3.63, 3.8) is 0 Å². The van der Waals surface area contributed by atoms with Gasteiger partial charge < -0.3 is 15.4 Å². The van der Waals surface area contributed by atoms with Crippen LogP contribution in [0.2, 0.25) is 0 Å². The molecular weight excluding hydrogens is 302 g/mol. The molecular formula is C14H19ClF2N2O2. The van der Waals surface area contributed by atoms with Gasteiger partial charge in [0.2, 0.25) is 5.91 Å². The Kier molecular flexibility index (Phi) is 7.39. The smallest absolute Gasteiger partial charge is 0.220 e. The average molecular weight is 321 g/mol. The van der Waals surface area contributed by atoms with Gasteiger partial charge in [0.25, 0.3) is 0 Å². The van der Waals surface area contributed by atoms with Crippen molar-refractivity contribution >= 4 is 18.3 Å². The Hall–Kier alpha value is -1.40. The molecule has 0 spiro atoms. The summed E-state index contributed by atoms with van der Waals surface area (Å²) in [6.45, 7) is 1.96. The zero-order valence-corrected chi connectivity index (χ0v) is 12.3. The van der Waals surface area contributed by atoms with Gasteiger partial charge in [-0.1, -0.05) is 0 Å². The second-order valence-electron chi connectivity index (χ2n) is 4.78. The third-order valence-electron chi connectivity index (χ3n) is 3.13. The lowest BCUT2D eigenvalue weighted by Gasteiger charge is -2.11. The van der Waals surface area contributed by atoms with Crippen LogP contribution in [0.25, 0.3) is 0 Å². The molecule has 1 fully saturated rings. The van der Waals surface area contributed by atoms with E-state index in [4.69, 9.17) is 4.74 Å². The molecule has 1 aromatic rings. The average Bonchev–Trinajstić information content (AvgIpc) is 2.89. The summed E-state index contributed by atoms with van der Waals surface area (Å²) in [7, 11) is 0. The minimum Gasteiger partial charge on any atom is -0.491 e. The second-order valence-corrected chi connectivity index (χ2v) is 4.78. The fourth-order valence-corrected chi connectivity index (χ4v) is 2.08. The normalized spacial score (nSPS) is 17.1. The van der Waals surface area contributed by atoms with Crippen LogP contribution in [0.3, 0.4) is 0 Å². The predicted molar refractivity (Wildman–Crippen MR) is 77.8 cm³/mol. The lowest BCUT2D eigenvalue weighted by Crippen LogP contribution is -2.36. The summed E-state index contributed by atoms with van der Waals surface area (Å²) in [5.41, 5.74) is 0. The maximum atomic E-state index is 13.3. The number of carbonyl (C=O) groups excluding carboxylic acids is 1. The Morgan fingerprint density at radius 2 is 2.24 bits per heavy atom. The van der Waals surface area contributed by atoms with Crippen LogP contribution in [-0.2, 0) is 4.79 Å². The van der Waals surface area contributed by atoms with Crippen molar-refractivity contribution < 1.29 is 18.3 Å². The van der Waals surface area contributed by atoms with Gasteiger partial charge in [-0.3, -0.25) is 4.79 Å². The molecule has 1 aliphatic rings. The van der Waals surface area contributed by atoms with Crippen molar-refractivity contribution in [2.24, 2.45) is 0 Å². The standard InChI is InChI=1S/C14H18F2N2O2.ClH/c15-10-3-4-13(12(16)8-10)20-7-1-2-14(19)18-11-5-6-17-9-11;/h3-4,8,11,17H,1-2,5-7,9H2,(H,18,19);1H. The lowest BCUT2D eigenvalue weighted by atomic mass is 10.2. The fourth-order valence-electron chi connectivity index (χ4n) is 2.08. The Bertz CT molecular complexity index is 468. The van der Waals surface area contributed by atoms with Crippen molar-refractivity contribution in [2.75, 3.05) is 19.7 Å². The first kappa shape index (κ1) is 17.7. The number of halogens is 3. The van der Waals surface area contributed by atoms with Gasteiger partial charge >= 0.3 is 0 Å². The summed E-state index contributed by atoms with van der Waals surface area (Å²) in [6.07, 6.45) is 1.77. The van der Waals surface area contributed by atoms with Crippen LogP contribution < -0.4 is 15.4 Å². The SMILES string of the molecule is Cl.O=C(CCCOc1ccc(F)cc1F)NC1CCNC1. The van der Waals surface area contributed by atoms with Crippen LogP contribution in [0.4, 0.5) is 8.78 Å². The molecule has 0 radical (unpaired) electrons. The van der Waals surface area contributed by atoms with Crippen LogP contribution in [0.5, 0.6) is 5.75 Å². The molecule has 2 rings (SSSR count). The Morgan fingerprint density at radius 1 is 1.43 bits per heavy atom. The van der Waals surface area contributed by atoms with Gasteiger partial charge in [-0.05, 0) is 31.5 Å². The Morgan fingerprint density at radius 3 is 2.90 bits per heavy atom. The quantitative estimate of drug-likeness (QED) is 0.789. The number of rotatable bonds is 6. The Labute approximate surface area is 128 Å². The highest BCUT2D eigenvalue weighted by Gasteiger charge is 2.16. The number of benzene rings is 1. The van der Waals surface area contributed by atoms with Gasteiger partial charge in [0.1, 0.15) is 5.82 Å². The molecule has 1 atom stereocenters. The van der Waals surface area contributed by atoms with Crippen LogP contribution in [0.1, 0.15) is 19.3 Å². The maximum absolute atomic E-state index is 13.3. The molecule has 2 N–H and O–H groups in total. The number of amides is 1. The monoisotopic (exact) mass is 320 g/mol. The molecule has 1 unspecified atom stereocenters. The van der Waals surface area contributed by atoms with Crippen LogP contribution in [0.15, 0.2) is 18.2 Å². The van der Waals surface area contributed by atoms with E-state index in [0.717, 1.165) is 31.6 Å². The first-order valence-corrected chi connectivity index (χ1v) is 6.73. The van der Waals surface area contributed by atoms with E-state index in [9.17, 15) is 13.6 Å². The highest BCUT2D eigenvalue weighted by Crippen LogP contribution is 2.17. The van der Waals surface area contributed by atoms with E-state index in [1.54, 1.807) is 0 Å². The third-order valence-corrected chi connectivity index (χ3v) is 3.13. The van der Waals surface area contributed by atoms with Crippen LogP contribution in [-0.4, -0.2) is 31.6 Å². The highest BCUT2D eigenvalue weighted by molar-refractivity contribution is 5.85. The number of nitrogens with one attached hydrogen (secondary N) is 2. The zero-order valence-electron chi connectivity index (χ0n) is 11.5. The summed E-state index contributed by atoms with van der Waals surface area (Å²) >= 11 is 0. The number of ether oxygens (including phenoxy) is 1. The van der Waals surface area contributed by atoms with E-state index in [2.05, 4.69) is 10.6 Å². The predicted octanol–water partition coefficient (Wildman–Crippen LogP) is 2.02. The van der Waals surface area contributed by atoms with Gasteiger partial charge in [0.05, 0.1) is 6.61 Å². The van der Waals surface area contributed by atoms with E-state index in [1.165, 1.54) is 6.07 Å². The Balaban J connectivity index is 0.00000220. The molecule has 1 aliphatic heterocycles. The van der Waals surface area contributed by atoms with Crippen molar-refractivity contribution in [2.45, 2.75) is 25.3 Å². The zero-order chi connectivity index (χ0) is 14.4. The molecule has 118 valence electrons. The molecule has 1 saturated heterocycles. The lowest BCUT2D eigenvalue weighted by molar-refractivity contribution is -0.121. The van der Waals surface area contributed by atoms with Gasteiger partial charge in [-0.2, -0.15) is 0 Å². The van der Waals surface area contributed by atoms with E-state index < -0.39 is 11.6 Å². The summed E-state index contributed by atoms with van der Waals surface area (Å²) in [6, 6.07) is 3.36. The largest absolute Gasteiger partial charge is 0.491 e. The molecule has 7 heteroatoms. The first-order valence-electron chi connectivity index (χ1n) is 6.73. The van der Waals surface area contributed by atoms with Gasteiger partial charge in [0.15, 0.2) is 11.6 Å². The van der Waals surface area contributed by atoms with Crippen molar-refractivity contribution in [1.82, 2.24) is 10.6 Å². The van der Waals surface area contributed by atoms with E-state index in [-0.39, 0.29) is 36.7 Å². The number of carbonyl (C=O) groups is 1. The summed E-state index contributed by atoms with van der Waals surface area (Å²) in [5, 5.41) is 6.08. The van der Waals surface area contributed by atoms with Crippen LogP contribution >= 0.6 is 12.4 Å². The molecule has 0 bridgehead atoms. The van der Waals surface area contributed by atoms with E-state index in [1.807, 2.05) is 0 Å². The second kappa shape index (κ2) is 8.79. The van der Waals surface area contributed by atoms with Gasteiger partial charge in [-0.15, -0.1) is 12.4 Å². The van der Waals surface area contributed by atoms with E-state index >= 15 is 0 Å². The maximum Gasteiger partial charge on any atom is 0.220 e. The molecule has 0 aromatic heterocycles.